The van der Waals surface area contributed by atoms with Gasteiger partial charge in [-0.3, -0.25) is 4.79 Å². The summed E-state index contributed by atoms with van der Waals surface area (Å²) in [6, 6.07) is 16.9. The number of amides is 1. The fourth-order valence-electron chi connectivity index (χ4n) is 3.01. The normalized spacial score (nSPS) is 16.6. The SMILES string of the molecule is CC(Sc1nnc(NCC2CCCO2)s1)C(=O)Nc1ccc(Oc2ccccc2)cc1. The molecule has 0 aliphatic carbocycles. The number of benzene rings is 2. The van der Waals surface area contributed by atoms with E-state index in [0.29, 0.717) is 11.4 Å². The highest BCUT2D eigenvalue weighted by Crippen LogP contribution is 2.30. The number of aromatic nitrogens is 2. The summed E-state index contributed by atoms with van der Waals surface area (Å²) in [5, 5.41) is 15.0. The number of rotatable bonds is 9. The second kappa shape index (κ2) is 10.6. The Morgan fingerprint density at radius 2 is 1.97 bits per heavy atom. The van der Waals surface area contributed by atoms with Crippen LogP contribution in [-0.2, 0) is 9.53 Å². The van der Waals surface area contributed by atoms with Crippen molar-refractivity contribution in [3.8, 4) is 11.5 Å². The molecule has 0 radical (unpaired) electrons. The van der Waals surface area contributed by atoms with Crippen molar-refractivity contribution in [1.82, 2.24) is 10.2 Å². The van der Waals surface area contributed by atoms with Gasteiger partial charge in [-0.05, 0) is 56.2 Å². The topological polar surface area (TPSA) is 85.4 Å². The number of nitrogens with zero attached hydrogens (tertiary/aromatic N) is 2. The molecule has 1 saturated heterocycles. The molecule has 31 heavy (non-hydrogen) atoms. The van der Waals surface area contributed by atoms with Crippen molar-refractivity contribution in [1.29, 1.82) is 0 Å². The molecular formula is C22H24N4O3S2. The zero-order valence-electron chi connectivity index (χ0n) is 17.1. The molecule has 9 heteroatoms. The molecule has 1 aliphatic heterocycles. The lowest BCUT2D eigenvalue weighted by atomic mass is 10.2. The lowest BCUT2D eigenvalue weighted by Gasteiger charge is -2.11. The molecule has 2 unspecified atom stereocenters. The van der Waals surface area contributed by atoms with Gasteiger partial charge < -0.3 is 20.1 Å². The van der Waals surface area contributed by atoms with E-state index in [1.807, 2.05) is 61.5 Å². The van der Waals surface area contributed by atoms with Crippen molar-refractivity contribution < 1.29 is 14.3 Å². The van der Waals surface area contributed by atoms with Crippen molar-refractivity contribution in [2.45, 2.75) is 35.5 Å². The first-order valence-electron chi connectivity index (χ1n) is 10.2. The number of hydrogen-bond acceptors (Lipinski definition) is 8. The predicted octanol–water partition coefficient (Wildman–Crippen LogP) is 5.04. The third-order valence-electron chi connectivity index (χ3n) is 4.66. The molecule has 0 bridgehead atoms. The molecule has 2 atom stereocenters. The molecule has 1 aliphatic rings. The number of carbonyl (C=O) groups excluding carboxylic acids is 1. The van der Waals surface area contributed by atoms with Gasteiger partial charge in [0.1, 0.15) is 11.5 Å². The third-order valence-corrected chi connectivity index (χ3v) is 6.72. The predicted molar refractivity (Wildman–Crippen MR) is 124 cm³/mol. The van der Waals surface area contributed by atoms with Gasteiger partial charge in [-0.2, -0.15) is 0 Å². The first kappa shape index (κ1) is 21.6. The van der Waals surface area contributed by atoms with Crippen LogP contribution in [0.5, 0.6) is 11.5 Å². The average Bonchev–Trinajstić information content (AvgIpc) is 3.46. The van der Waals surface area contributed by atoms with E-state index in [9.17, 15) is 4.79 Å². The van der Waals surface area contributed by atoms with E-state index in [0.717, 1.165) is 41.2 Å². The van der Waals surface area contributed by atoms with E-state index in [-0.39, 0.29) is 17.3 Å². The number of para-hydroxylation sites is 1. The van der Waals surface area contributed by atoms with Gasteiger partial charge in [0, 0.05) is 18.8 Å². The first-order chi connectivity index (χ1) is 15.2. The zero-order valence-corrected chi connectivity index (χ0v) is 18.7. The van der Waals surface area contributed by atoms with Gasteiger partial charge in [-0.15, -0.1) is 10.2 Å². The van der Waals surface area contributed by atoms with Crippen LogP contribution >= 0.6 is 23.1 Å². The molecule has 7 nitrogen and oxygen atoms in total. The fourth-order valence-corrected chi connectivity index (χ4v) is 4.92. The molecule has 3 aromatic rings. The zero-order chi connectivity index (χ0) is 21.5. The average molecular weight is 457 g/mol. The van der Waals surface area contributed by atoms with Crippen LogP contribution in [0.1, 0.15) is 19.8 Å². The van der Waals surface area contributed by atoms with Gasteiger partial charge in [0.25, 0.3) is 0 Å². The lowest BCUT2D eigenvalue weighted by molar-refractivity contribution is -0.115. The molecule has 2 aromatic carbocycles. The number of carbonyl (C=O) groups is 1. The number of thioether (sulfide) groups is 1. The first-order valence-corrected chi connectivity index (χ1v) is 11.8. The highest BCUT2D eigenvalue weighted by Gasteiger charge is 2.19. The molecule has 1 amide bonds. The maximum atomic E-state index is 12.6. The minimum absolute atomic E-state index is 0.0919. The molecule has 2 heterocycles. The van der Waals surface area contributed by atoms with Gasteiger partial charge >= 0.3 is 0 Å². The maximum absolute atomic E-state index is 12.6. The smallest absolute Gasteiger partial charge is 0.237 e. The summed E-state index contributed by atoms with van der Waals surface area (Å²) >= 11 is 2.84. The summed E-state index contributed by atoms with van der Waals surface area (Å²) in [7, 11) is 0. The largest absolute Gasteiger partial charge is 0.457 e. The summed E-state index contributed by atoms with van der Waals surface area (Å²) in [4.78, 5) is 12.6. The van der Waals surface area contributed by atoms with Crippen molar-refractivity contribution in [3.05, 3.63) is 54.6 Å². The summed E-state index contributed by atoms with van der Waals surface area (Å²) in [6.07, 6.45) is 2.43. The number of hydrogen-bond donors (Lipinski definition) is 2. The number of nitrogens with one attached hydrogen (secondary N) is 2. The second-order valence-electron chi connectivity index (χ2n) is 7.08. The van der Waals surface area contributed by atoms with Crippen molar-refractivity contribution in [2.75, 3.05) is 23.8 Å². The van der Waals surface area contributed by atoms with Crippen LogP contribution in [0.4, 0.5) is 10.8 Å². The Kier molecular flexibility index (Phi) is 7.39. The van der Waals surface area contributed by atoms with Crippen LogP contribution in [0, 0.1) is 0 Å². The summed E-state index contributed by atoms with van der Waals surface area (Å²) in [6.45, 7) is 3.42. The van der Waals surface area contributed by atoms with Crippen LogP contribution in [0.15, 0.2) is 58.9 Å². The Labute approximate surface area is 189 Å². The van der Waals surface area contributed by atoms with E-state index >= 15 is 0 Å². The van der Waals surface area contributed by atoms with E-state index in [1.54, 1.807) is 0 Å². The van der Waals surface area contributed by atoms with Gasteiger partial charge in [-0.1, -0.05) is 41.3 Å². The van der Waals surface area contributed by atoms with Crippen molar-refractivity contribution in [2.24, 2.45) is 0 Å². The minimum Gasteiger partial charge on any atom is -0.457 e. The number of anilines is 2. The summed E-state index contributed by atoms with van der Waals surface area (Å²) < 4.78 is 12.1. The molecule has 1 aromatic heterocycles. The lowest BCUT2D eigenvalue weighted by Crippen LogP contribution is -2.22. The summed E-state index contributed by atoms with van der Waals surface area (Å²) in [5.74, 6) is 1.39. The molecule has 1 fully saturated rings. The minimum atomic E-state index is -0.306. The molecule has 0 spiro atoms. The van der Waals surface area contributed by atoms with Crippen LogP contribution in [0.3, 0.4) is 0 Å². The Morgan fingerprint density at radius 1 is 1.19 bits per heavy atom. The van der Waals surface area contributed by atoms with E-state index in [2.05, 4.69) is 20.8 Å². The van der Waals surface area contributed by atoms with Gasteiger partial charge in [0.05, 0.1) is 11.4 Å². The third kappa shape index (κ3) is 6.43. The van der Waals surface area contributed by atoms with Crippen molar-refractivity contribution in [3.63, 3.8) is 0 Å². The van der Waals surface area contributed by atoms with E-state index in [1.165, 1.54) is 23.1 Å². The number of ether oxygens (including phenoxy) is 2. The van der Waals surface area contributed by atoms with Gasteiger partial charge in [0.15, 0.2) is 4.34 Å². The molecule has 2 N–H and O–H groups in total. The Balaban J connectivity index is 1.24. The van der Waals surface area contributed by atoms with Crippen LogP contribution in [0.2, 0.25) is 0 Å². The second-order valence-corrected chi connectivity index (χ2v) is 9.64. The van der Waals surface area contributed by atoms with Gasteiger partial charge in [-0.25, -0.2) is 0 Å². The fraction of sp³-hybridized carbons (Fsp3) is 0.318. The Bertz CT molecular complexity index is 976. The quantitative estimate of drug-likeness (QED) is 0.436. The Hall–Kier alpha value is -2.62. The monoisotopic (exact) mass is 456 g/mol. The maximum Gasteiger partial charge on any atom is 0.237 e. The molecular weight excluding hydrogens is 432 g/mol. The van der Waals surface area contributed by atoms with Crippen LogP contribution < -0.4 is 15.4 Å². The molecule has 4 rings (SSSR count). The molecule has 0 saturated carbocycles. The van der Waals surface area contributed by atoms with Gasteiger partial charge in [0.2, 0.25) is 11.0 Å². The Morgan fingerprint density at radius 3 is 2.71 bits per heavy atom. The van der Waals surface area contributed by atoms with Crippen LogP contribution in [0.25, 0.3) is 0 Å². The van der Waals surface area contributed by atoms with Crippen molar-refractivity contribution >= 4 is 39.8 Å². The highest BCUT2D eigenvalue weighted by molar-refractivity contribution is 8.02. The van der Waals surface area contributed by atoms with E-state index < -0.39 is 0 Å². The van der Waals surface area contributed by atoms with Crippen LogP contribution in [-0.4, -0.2) is 40.6 Å². The highest BCUT2D eigenvalue weighted by atomic mass is 32.2. The standard InChI is InChI=1S/C22H24N4O3S2/c1-15(30-22-26-25-21(31-22)23-14-19-8-5-13-28-19)20(27)24-16-9-11-18(12-10-16)29-17-6-3-2-4-7-17/h2-4,6-7,9-12,15,19H,5,8,13-14H2,1H3,(H,23,25)(H,24,27). The summed E-state index contributed by atoms with van der Waals surface area (Å²) in [5.41, 5.74) is 0.717. The van der Waals surface area contributed by atoms with E-state index in [4.69, 9.17) is 9.47 Å². The molecule has 162 valence electrons.